The van der Waals surface area contributed by atoms with Crippen molar-refractivity contribution >= 4 is 23.1 Å². The Bertz CT molecular complexity index is 433. The number of aliphatic hydroxyl groups excluding tert-OH is 1. The first-order chi connectivity index (χ1) is 8.08. The lowest BCUT2D eigenvalue weighted by atomic mass is 10.1. The number of aromatic nitrogens is 1. The van der Waals surface area contributed by atoms with Crippen molar-refractivity contribution in [2.45, 2.75) is 18.9 Å². The first kappa shape index (κ1) is 12.1. The van der Waals surface area contributed by atoms with Gasteiger partial charge in [0.2, 0.25) is 5.82 Å². The largest absolute Gasteiger partial charge is 0.393 e. The van der Waals surface area contributed by atoms with Crippen molar-refractivity contribution in [1.82, 2.24) is 4.98 Å². The van der Waals surface area contributed by atoms with Crippen LogP contribution < -0.4 is 4.90 Å². The van der Waals surface area contributed by atoms with E-state index in [1.807, 2.05) is 0 Å². The Morgan fingerprint density at radius 2 is 2.12 bits per heavy atom. The molecule has 92 valence electrons. The summed E-state index contributed by atoms with van der Waals surface area (Å²) in [5.74, 6) is 0.286. The van der Waals surface area contributed by atoms with Gasteiger partial charge in [0.1, 0.15) is 5.15 Å². The lowest BCUT2D eigenvalue weighted by Gasteiger charge is -2.30. The van der Waals surface area contributed by atoms with Crippen molar-refractivity contribution in [3.63, 3.8) is 0 Å². The van der Waals surface area contributed by atoms with Crippen molar-refractivity contribution in [3.05, 3.63) is 27.4 Å². The predicted octanol–water partition coefficient (Wildman–Crippen LogP) is 1.60. The second-order valence-electron chi connectivity index (χ2n) is 3.95. The summed E-state index contributed by atoms with van der Waals surface area (Å²) in [6.45, 7) is 1.10. The highest BCUT2D eigenvalue weighted by atomic mass is 35.5. The van der Waals surface area contributed by atoms with Crippen LogP contribution in [0.15, 0.2) is 12.1 Å². The molecule has 0 unspecified atom stereocenters. The normalized spacial score (nSPS) is 17.2. The fourth-order valence-electron chi connectivity index (χ4n) is 1.87. The highest BCUT2D eigenvalue weighted by Gasteiger charge is 2.25. The van der Waals surface area contributed by atoms with Crippen LogP contribution in [0.25, 0.3) is 0 Å². The lowest BCUT2D eigenvalue weighted by molar-refractivity contribution is -0.384. The Morgan fingerprint density at radius 3 is 2.71 bits per heavy atom. The fourth-order valence-corrected chi connectivity index (χ4v) is 2.01. The Kier molecular flexibility index (Phi) is 3.44. The summed E-state index contributed by atoms with van der Waals surface area (Å²) < 4.78 is 0. The summed E-state index contributed by atoms with van der Waals surface area (Å²) in [6.07, 6.45) is 0.848. The van der Waals surface area contributed by atoms with E-state index >= 15 is 0 Å². The summed E-state index contributed by atoms with van der Waals surface area (Å²) in [6, 6.07) is 2.76. The van der Waals surface area contributed by atoms with Gasteiger partial charge in [0.05, 0.1) is 11.0 Å². The van der Waals surface area contributed by atoms with Crippen LogP contribution in [0.4, 0.5) is 11.5 Å². The summed E-state index contributed by atoms with van der Waals surface area (Å²) >= 11 is 5.76. The van der Waals surface area contributed by atoms with E-state index in [2.05, 4.69) is 4.98 Å². The summed E-state index contributed by atoms with van der Waals surface area (Å²) in [7, 11) is 0. The second-order valence-corrected chi connectivity index (χ2v) is 4.34. The van der Waals surface area contributed by atoms with Gasteiger partial charge in [-0.05, 0) is 18.9 Å². The maximum absolute atomic E-state index is 10.9. The molecule has 1 saturated heterocycles. The average molecular weight is 258 g/mol. The van der Waals surface area contributed by atoms with Crippen molar-refractivity contribution in [2.75, 3.05) is 18.0 Å². The van der Waals surface area contributed by atoms with Crippen LogP contribution >= 0.6 is 11.6 Å². The highest BCUT2D eigenvalue weighted by molar-refractivity contribution is 6.29. The van der Waals surface area contributed by atoms with Crippen LogP contribution in [0, 0.1) is 10.1 Å². The van der Waals surface area contributed by atoms with Crippen LogP contribution in [-0.4, -0.2) is 34.2 Å². The molecule has 1 aliphatic rings. The summed E-state index contributed by atoms with van der Waals surface area (Å²) in [5.41, 5.74) is -0.0502. The van der Waals surface area contributed by atoms with Crippen LogP contribution in [0.5, 0.6) is 0 Å². The molecule has 2 heterocycles. The zero-order valence-corrected chi connectivity index (χ0v) is 9.80. The molecule has 6 nitrogen and oxygen atoms in total. The van der Waals surface area contributed by atoms with Crippen LogP contribution in [0.1, 0.15) is 12.8 Å². The van der Waals surface area contributed by atoms with Gasteiger partial charge in [0.15, 0.2) is 0 Å². The fraction of sp³-hybridized carbons (Fsp3) is 0.500. The number of nitro groups is 1. The summed E-state index contributed by atoms with van der Waals surface area (Å²) in [5, 5.41) is 20.5. The van der Waals surface area contributed by atoms with Gasteiger partial charge in [-0.2, -0.15) is 0 Å². The van der Waals surface area contributed by atoms with Gasteiger partial charge in [-0.1, -0.05) is 11.6 Å². The molecule has 1 aromatic heterocycles. The van der Waals surface area contributed by atoms with Gasteiger partial charge < -0.3 is 10.0 Å². The van der Waals surface area contributed by atoms with Crippen molar-refractivity contribution in [3.8, 4) is 0 Å². The smallest absolute Gasteiger partial charge is 0.311 e. The molecule has 0 bridgehead atoms. The van der Waals surface area contributed by atoms with Crippen molar-refractivity contribution < 1.29 is 10.0 Å². The quantitative estimate of drug-likeness (QED) is 0.495. The molecular weight excluding hydrogens is 246 g/mol. The van der Waals surface area contributed by atoms with Gasteiger partial charge in [0.25, 0.3) is 0 Å². The molecule has 0 spiro atoms. The molecule has 0 atom stereocenters. The first-order valence-corrected chi connectivity index (χ1v) is 5.69. The molecule has 1 fully saturated rings. The number of pyridine rings is 1. The average Bonchev–Trinajstić information content (AvgIpc) is 2.29. The molecule has 1 N–H and O–H groups in total. The molecule has 0 aromatic carbocycles. The minimum atomic E-state index is -0.469. The van der Waals surface area contributed by atoms with Crippen molar-refractivity contribution in [1.29, 1.82) is 0 Å². The third-order valence-corrected chi connectivity index (χ3v) is 2.99. The Balaban J connectivity index is 2.30. The SMILES string of the molecule is O=[N+]([O-])c1ccc(Cl)nc1N1CCC(O)CC1. The number of hydrogen-bond acceptors (Lipinski definition) is 5. The van der Waals surface area contributed by atoms with E-state index in [1.165, 1.54) is 12.1 Å². The molecule has 1 aromatic rings. The zero-order valence-electron chi connectivity index (χ0n) is 9.04. The molecule has 0 saturated carbocycles. The maximum atomic E-state index is 10.9. The monoisotopic (exact) mass is 257 g/mol. The number of halogens is 1. The van der Waals surface area contributed by atoms with Crippen LogP contribution in [0.2, 0.25) is 5.15 Å². The van der Waals surface area contributed by atoms with Crippen LogP contribution in [-0.2, 0) is 0 Å². The van der Waals surface area contributed by atoms with E-state index in [9.17, 15) is 15.2 Å². The van der Waals surface area contributed by atoms with E-state index < -0.39 is 4.92 Å². The molecule has 0 amide bonds. The van der Waals surface area contributed by atoms with E-state index in [4.69, 9.17) is 11.6 Å². The third-order valence-electron chi connectivity index (χ3n) is 2.78. The number of piperidine rings is 1. The Hall–Kier alpha value is -1.40. The number of hydrogen-bond donors (Lipinski definition) is 1. The maximum Gasteiger partial charge on any atom is 0.311 e. The summed E-state index contributed by atoms with van der Waals surface area (Å²) in [4.78, 5) is 16.2. The standard InChI is InChI=1S/C10H12ClN3O3/c11-9-2-1-8(14(16)17)10(12-9)13-5-3-7(15)4-6-13/h1-2,7,15H,3-6H2. The van der Waals surface area contributed by atoms with E-state index in [0.717, 1.165) is 0 Å². The molecule has 7 heteroatoms. The molecular formula is C10H12ClN3O3. The van der Waals surface area contributed by atoms with E-state index in [-0.39, 0.29) is 22.8 Å². The predicted molar refractivity (Wildman–Crippen MR) is 63.4 cm³/mol. The number of anilines is 1. The lowest BCUT2D eigenvalue weighted by Crippen LogP contribution is -2.36. The van der Waals surface area contributed by atoms with E-state index in [0.29, 0.717) is 25.9 Å². The van der Waals surface area contributed by atoms with Crippen LogP contribution in [0.3, 0.4) is 0 Å². The molecule has 1 aliphatic heterocycles. The Morgan fingerprint density at radius 1 is 1.47 bits per heavy atom. The number of aliphatic hydroxyl groups is 1. The minimum Gasteiger partial charge on any atom is -0.393 e. The first-order valence-electron chi connectivity index (χ1n) is 5.32. The zero-order chi connectivity index (χ0) is 12.4. The van der Waals surface area contributed by atoms with Gasteiger partial charge in [0, 0.05) is 19.2 Å². The second kappa shape index (κ2) is 4.85. The Labute approximate surface area is 103 Å². The van der Waals surface area contributed by atoms with E-state index in [1.54, 1.807) is 4.90 Å². The topological polar surface area (TPSA) is 79.5 Å². The molecule has 0 radical (unpaired) electrons. The molecule has 2 rings (SSSR count). The minimum absolute atomic E-state index is 0.0502. The highest BCUT2D eigenvalue weighted by Crippen LogP contribution is 2.29. The van der Waals surface area contributed by atoms with Gasteiger partial charge in [-0.25, -0.2) is 4.98 Å². The van der Waals surface area contributed by atoms with Gasteiger partial charge >= 0.3 is 5.69 Å². The third kappa shape index (κ3) is 2.65. The van der Waals surface area contributed by atoms with Gasteiger partial charge in [-0.3, -0.25) is 10.1 Å². The number of nitrogens with zero attached hydrogens (tertiary/aromatic N) is 3. The molecule has 0 aliphatic carbocycles. The van der Waals surface area contributed by atoms with Crippen molar-refractivity contribution in [2.24, 2.45) is 0 Å². The molecule has 17 heavy (non-hydrogen) atoms. The van der Waals surface area contributed by atoms with Gasteiger partial charge in [-0.15, -0.1) is 0 Å². The number of rotatable bonds is 2.